The van der Waals surface area contributed by atoms with E-state index in [1.54, 1.807) is 0 Å². The minimum Gasteiger partial charge on any atom is -0.166 e. The first-order valence-electron chi connectivity index (χ1n) is 5.29. The second kappa shape index (κ2) is 10.5. The van der Waals surface area contributed by atoms with Crippen molar-refractivity contribution in [1.29, 1.82) is 0 Å². The molecule has 0 saturated heterocycles. The number of hydrogen-bond donors (Lipinski definition) is 0. The highest BCUT2D eigenvalue weighted by molar-refractivity contribution is 9.42. The zero-order valence-electron chi connectivity index (χ0n) is 11.0. The van der Waals surface area contributed by atoms with Crippen molar-refractivity contribution in [2.45, 2.75) is 24.5 Å². The van der Waals surface area contributed by atoms with E-state index in [1.165, 1.54) is 0 Å². The minimum absolute atomic E-state index is 0.903. The van der Waals surface area contributed by atoms with Gasteiger partial charge in [0.1, 0.15) is 16.2 Å². The third kappa shape index (κ3) is 6.68. The van der Waals surface area contributed by atoms with Crippen molar-refractivity contribution in [3.05, 3.63) is 10.6 Å². The van der Waals surface area contributed by atoms with Gasteiger partial charge >= 0.3 is 6.18 Å². The lowest BCUT2D eigenvalue weighted by Crippen LogP contribution is -2.63. The molecule has 0 spiro atoms. The molecule has 0 radical (unpaired) electrons. The summed E-state index contributed by atoms with van der Waals surface area (Å²) in [6.07, 6.45) is -3.65. The SMILES string of the molecule is FC(F)(F)C(Br)=CC(Br)(Br)C(Br)(Br)C(Br)(Br)C(Br)(Br)C(Br)(Br)C(Br)(Br)Br. The van der Waals surface area contributed by atoms with Crippen molar-refractivity contribution in [3.63, 3.8) is 0 Å². The van der Waals surface area contributed by atoms with Crippen LogP contribution in [0.15, 0.2) is 10.6 Å². The summed E-state index contributed by atoms with van der Waals surface area (Å²) >= 11 is 47.7. The summed E-state index contributed by atoms with van der Waals surface area (Å²) in [4.78, 5) is 0. The van der Waals surface area contributed by atoms with Crippen molar-refractivity contribution in [3.8, 4) is 0 Å². The molecule has 0 saturated carbocycles. The summed E-state index contributed by atoms with van der Waals surface area (Å²) in [6.45, 7) is 0. The molecule has 26 heavy (non-hydrogen) atoms. The lowest BCUT2D eigenvalue weighted by Gasteiger charge is -2.53. The monoisotopic (exact) mass is 1270 g/mol. The van der Waals surface area contributed by atoms with Crippen LogP contribution in [0.3, 0.4) is 0 Å². The zero-order valence-corrected chi connectivity index (χ0v) is 33.2. The molecule has 0 atom stereocenters. The Balaban J connectivity index is 6.43. The van der Waals surface area contributed by atoms with Crippen LogP contribution in [0.25, 0.3) is 0 Å². The first-order chi connectivity index (χ1) is 10.9. The standard InChI is InChI=1S/C9HBr14F3/c10-2(4(24,25)26)1-3(11,12)5(13,14)6(15,16)7(17,18)8(19,20)9(21,22)23/h1H. The predicted molar refractivity (Wildman–Crippen MR) is 156 cm³/mol. The Kier molecular flexibility index (Phi) is 13.0. The third-order valence-corrected chi connectivity index (χ3v) is 27.9. The van der Waals surface area contributed by atoms with Gasteiger partial charge in [0, 0.05) is 0 Å². The number of allylic oxidation sites excluding steroid dienone is 2. The first kappa shape index (κ1) is 32.2. The molecule has 0 aliphatic heterocycles. The Hall–Kier alpha value is 6.25. The van der Waals surface area contributed by atoms with Crippen LogP contribution >= 0.6 is 223 Å². The maximum atomic E-state index is 13.0. The van der Waals surface area contributed by atoms with E-state index >= 15 is 0 Å². The van der Waals surface area contributed by atoms with Gasteiger partial charge in [-0.25, -0.2) is 0 Å². The molecule has 0 amide bonds. The van der Waals surface area contributed by atoms with E-state index < -0.39 is 29.0 Å². The van der Waals surface area contributed by atoms with E-state index in [1.807, 2.05) is 0 Å². The van der Waals surface area contributed by atoms with Gasteiger partial charge in [0.25, 0.3) is 0 Å². The highest BCUT2D eigenvalue weighted by atomic mass is 80.0. The van der Waals surface area contributed by atoms with Crippen molar-refractivity contribution in [2.24, 2.45) is 0 Å². The first-order valence-corrected chi connectivity index (χ1v) is 16.4. The van der Waals surface area contributed by atoms with E-state index in [-0.39, 0.29) is 0 Å². The Morgan fingerprint density at radius 3 is 1.12 bits per heavy atom. The molecule has 0 unspecified atom stereocenters. The second-order valence-electron chi connectivity index (χ2n) is 4.41. The number of alkyl halides is 16. The minimum atomic E-state index is -4.56. The van der Waals surface area contributed by atoms with Gasteiger partial charge in [0.05, 0.1) is 4.48 Å². The topological polar surface area (TPSA) is 0 Å². The smallest absolute Gasteiger partial charge is 0.166 e. The highest BCUT2D eigenvalue weighted by Crippen LogP contribution is 2.74. The molecule has 0 aliphatic rings. The molecule has 0 nitrogen and oxygen atoms in total. The largest absolute Gasteiger partial charge is 0.422 e. The molecular weight excluding hydrogens is 1280 g/mol. The second-order valence-corrected chi connectivity index (χ2v) is 29.4. The summed E-state index contributed by atoms with van der Waals surface area (Å²) < 4.78 is 30.9. The van der Waals surface area contributed by atoms with Gasteiger partial charge in [0.2, 0.25) is 0 Å². The van der Waals surface area contributed by atoms with Gasteiger partial charge in [0.15, 0.2) is 2.14 Å². The summed E-state index contributed by atoms with van der Waals surface area (Å²) in [5.41, 5.74) is 0. The fraction of sp³-hybridized carbons (Fsp3) is 0.778. The van der Waals surface area contributed by atoms with Crippen LogP contribution in [0.1, 0.15) is 0 Å². The molecule has 0 heterocycles. The summed E-state index contributed by atoms with van der Waals surface area (Å²) in [5.74, 6) is 0. The summed E-state index contributed by atoms with van der Waals surface area (Å²) in [7, 11) is 0. The number of rotatable bonds is 5. The van der Waals surface area contributed by atoms with Crippen molar-refractivity contribution in [1.82, 2.24) is 0 Å². The number of hydrogen-bond acceptors (Lipinski definition) is 0. The molecule has 0 aromatic rings. The fourth-order valence-corrected chi connectivity index (χ4v) is 12.6. The van der Waals surface area contributed by atoms with E-state index in [4.69, 9.17) is 0 Å². The van der Waals surface area contributed by atoms with Gasteiger partial charge in [-0.3, -0.25) is 0 Å². The van der Waals surface area contributed by atoms with Crippen LogP contribution in [-0.4, -0.2) is 24.5 Å². The van der Waals surface area contributed by atoms with Crippen molar-refractivity contribution < 1.29 is 13.2 Å². The molecule has 0 aliphatic carbocycles. The highest BCUT2D eigenvalue weighted by Gasteiger charge is 2.72. The van der Waals surface area contributed by atoms with Crippen LogP contribution in [0.5, 0.6) is 0 Å². The van der Waals surface area contributed by atoms with Gasteiger partial charge < -0.3 is 0 Å². The lowest BCUT2D eigenvalue weighted by atomic mass is 10.1. The van der Waals surface area contributed by atoms with Crippen LogP contribution in [0.2, 0.25) is 0 Å². The van der Waals surface area contributed by atoms with Gasteiger partial charge in [-0.1, -0.05) is 207 Å². The van der Waals surface area contributed by atoms with E-state index in [2.05, 4.69) is 223 Å². The van der Waals surface area contributed by atoms with E-state index in [0.29, 0.717) is 0 Å². The quantitative estimate of drug-likeness (QED) is 0.241. The normalized spacial score (nSPS) is 16.9. The molecule has 0 bridgehead atoms. The molecule has 0 aromatic heterocycles. The molecule has 0 fully saturated rings. The Bertz CT molecular complexity index is 555. The van der Waals surface area contributed by atoms with Crippen LogP contribution < -0.4 is 0 Å². The van der Waals surface area contributed by atoms with Crippen LogP contribution in [0, 0.1) is 0 Å². The predicted octanol–water partition coefficient (Wildman–Crippen LogP) is 12.1. The molecule has 156 valence electrons. The molecule has 17 heteroatoms. The maximum Gasteiger partial charge on any atom is 0.422 e. The third-order valence-electron chi connectivity index (χ3n) is 2.54. The Morgan fingerprint density at radius 2 is 0.846 bits per heavy atom. The Labute approximate surface area is 266 Å². The summed E-state index contributed by atoms with van der Waals surface area (Å²) in [5, 5.41) is 0. The lowest BCUT2D eigenvalue weighted by molar-refractivity contribution is -0.0830. The van der Waals surface area contributed by atoms with E-state index in [9.17, 15) is 13.2 Å². The van der Waals surface area contributed by atoms with Gasteiger partial charge in [-0.05, 0) is 22.0 Å². The summed E-state index contributed by atoms with van der Waals surface area (Å²) in [6, 6.07) is 0. The average molecular weight is 1280 g/mol. The average Bonchev–Trinajstić information content (AvgIpc) is 2.34. The van der Waals surface area contributed by atoms with Gasteiger partial charge in [-0.2, -0.15) is 13.2 Å². The molecule has 0 rings (SSSR count). The number of halogens is 17. The molecule has 0 aromatic carbocycles. The van der Waals surface area contributed by atoms with Gasteiger partial charge in [-0.15, -0.1) is 0 Å². The zero-order chi connectivity index (χ0) is 21.8. The van der Waals surface area contributed by atoms with Crippen LogP contribution in [0.4, 0.5) is 13.2 Å². The molecular formula is C9HBr14F3. The van der Waals surface area contributed by atoms with E-state index in [0.717, 1.165) is 6.08 Å². The van der Waals surface area contributed by atoms with Crippen molar-refractivity contribution in [2.75, 3.05) is 0 Å². The Morgan fingerprint density at radius 1 is 0.538 bits per heavy atom. The van der Waals surface area contributed by atoms with Crippen LogP contribution in [-0.2, 0) is 0 Å². The van der Waals surface area contributed by atoms with Crippen molar-refractivity contribution >= 4 is 223 Å². The fourth-order valence-electron chi connectivity index (χ4n) is 1.11. The molecule has 0 N–H and O–H groups in total. The maximum absolute atomic E-state index is 13.0.